The average Bonchev–Trinajstić information content (AvgIpc) is 3.08. The maximum atomic E-state index is 13.0. The number of hydrogen-bond donors (Lipinski definition) is 1. The lowest BCUT2D eigenvalue weighted by molar-refractivity contribution is -0.384. The third kappa shape index (κ3) is 3.72. The number of nitro groups is 1. The first-order valence-corrected chi connectivity index (χ1v) is 10.6. The molecule has 11 heteroatoms. The van der Waals surface area contributed by atoms with Crippen LogP contribution in [0.3, 0.4) is 0 Å². The molecule has 1 aromatic heterocycles. The van der Waals surface area contributed by atoms with Gasteiger partial charge in [0.1, 0.15) is 0 Å². The van der Waals surface area contributed by atoms with Crippen LogP contribution in [-0.2, 0) is 10.0 Å². The Balaban J connectivity index is 1.92. The maximum absolute atomic E-state index is 13.0. The molecule has 1 N–H and O–H groups in total. The van der Waals surface area contributed by atoms with Crippen LogP contribution < -0.4 is 0 Å². The second-order valence-electron chi connectivity index (χ2n) is 6.61. The summed E-state index contributed by atoms with van der Waals surface area (Å²) in [6.45, 7) is 0. The van der Waals surface area contributed by atoms with E-state index in [4.69, 9.17) is 0 Å². The summed E-state index contributed by atoms with van der Waals surface area (Å²) in [6.07, 6.45) is 0. The summed E-state index contributed by atoms with van der Waals surface area (Å²) in [7, 11) is -4.21. The van der Waals surface area contributed by atoms with Gasteiger partial charge in [-0.15, -0.1) is 5.11 Å². The molecule has 0 radical (unpaired) electrons. The second kappa shape index (κ2) is 8.04. The maximum Gasteiger partial charge on any atom is 0.299 e. The Morgan fingerprint density at radius 2 is 1.59 bits per heavy atom. The molecule has 0 atom stereocenters. The number of hydrogen-bond acceptors (Lipinski definition) is 7. The predicted octanol–water partition coefficient (Wildman–Crippen LogP) is 4.42. The first-order chi connectivity index (χ1) is 15.3. The molecular formula is C21H14N4O6S. The van der Waals surface area contributed by atoms with Gasteiger partial charge in [-0.3, -0.25) is 14.9 Å². The van der Waals surface area contributed by atoms with Crippen molar-refractivity contribution in [1.82, 2.24) is 4.57 Å². The molecule has 1 heterocycles. The van der Waals surface area contributed by atoms with Gasteiger partial charge in [-0.05, 0) is 30.3 Å². The molecule has 10 nitrogen and oxygen atoms in total. The van der Waals surface area contributed by atoms with Crippen LogP contribution in [0.4, 0.5) is 11.4 Å². The lowest BCUT2D eigenvalue weighted by Gasteiger charge is -2.05. The van der Waals surface area contributed by atoms with Crippen LogP contribution in [0, 0.1) is 10.1 Å². The highest BCUT2D eigenvalue weighted by Gasteiger charge is 2.25. The van der Waals surface area contributed by atoms with E-state index in [9.17, 15) is 28.4 Å². The average molecular weight is 450 g/mol. The Hall–Kier alpha value is -4.38. The van der Waals surface area contributed by atoms with Crippen LogP contribution in [0.5, 0.6) is 5.88 Å². The van der Waals surface area contributed by atoms with Crippen molar-refractivity contribution in [2.45, 2.75) is 4.90 Å². The molecule has 0 aliphatic heterocycles. The molecule has 160 valence electrons. The summed E-state index contributed by atoms with van der Waals surface area (Å²) in [5, 5.41) is 25.7. The number of sulfonamides is 1. The van der Waals surface area contributed by atoms with Crippen molar-refractivity contribution >= 4 is 38.2 Å². The van der Waals surface area contributed by atoms with E-state index in [0.29, 0.717) is 0 Å². The van der Waals surface area contributed by atoms with Gasteiger partial charge in [-0.25, -0.2) is 4.57 Å². The number of carbonyl (C=O) groups is 1. The molecule has 0 saturated heterocycles. The molecule has 0 unspecified atom stereocenters. The van der Waals surface area contributed by atoms with Gasteiger partial charge in [-0.1, -0.05) is 40.9 Å². The molecule has 32 heavy (non-hydrogen) atoms. The van der Waals surface area contributed by atoms with E-state index < -0.39 is 26.7 Å². The van der Waals surface area contributed by atoms with E-state index in [-0.39, 0.29) is 32.7 Å². The zero-order valence-electron chi connectivity index (χ0n) is 16.2. The Morgan fingerprint density at radius 3 is 2.22 bits per heavy atom. The van der Waals surface area contributed by atoms with Gasteiger partial charge in [0.2, 0.25) is 5.88 Å². The van der Waals surface area contributed by atoms with Gasteiger partial charge in [-0.2, -0.15) is 8.42 Å². The van der Waals surface area contributed by atoms with Crippen LogP contribution >= 0.6 is 0 Å². The highest BCUT2D eigenvalue weighted by molar-refractivity contribution is 7.90. The zero-order chi connectivity index (χ0) is 22.9. The van der Waals surface area contributed by atoms with Crippen LogP contribution in [0.1, 0.15) is 10.4 Å². The largest absolute Gasteiger partial charge is 0.493 e. The third-order valence-corrected chi connectivity index (χ3v) is 5.79. The number of fused-ring (bicyclic) bond motifs is 1. The second-order valence-corrected chi connectivity index (χ2v) is 8.19. The zero-order valence-corrected chi connectivity index (χ0v) is 17.0. The van der Waals surface area contributed by atoms with Gasteiger partial charge in [0.05, 0.1) is 15.3 Å². The standard InChI is InChI=1S/C21H14N4O6S/c26-20(14-7-3-1-4-8-14)24-18-12-11-15(25(28)29)13-17(18)19(21(24)27)22-23-32(30,31)16-9-5-2-6-10-16/h1-13,27H. The molecule has 0 amide bonds. The number of aromatic nitrogens is 1. The van der Waals surface area contributed by atoms with E-state index >= 15 is 0 Å². The molecule has 0 aliphatic carbocycles. The first kappa shape index (κ1) is 20.9. The van der Waals surface area contributed by atoms with Gasteiger partial charge in [0.25, 0.3) is 21.6 Å². The van der Waals surface area contributed by atoms with Gasteiger partial charge < -0.3 is 5.11 Å². The van der Waals surface area contributed by atoms with E-state index in [2.05, 4.69) is 9.63 Å². The number of rotatable bonds is 5. The van der Waals surface area contributed by atoms with E-state index in [1.54, 1.807) is 24.3 Å². The highest BCUT2D eigenvalue weighted by atomic mass is 32.2. The molecule has 4 rings (SSSR count). The van der Waals surface area contributed by atoms with E-state index in [1.165, 1.54) is 42.5 Å². The molecule has 0 aliphatic rings. The predicted molar refractivity (Wildman–Crippen MR) is 115 cm³/mol. The normalized spacial score (nSPS) is 11.8. The quantitative estimate of drug-likeness (QED) is 0.271. The lowest BCUT2D eigenvalue weighted by atomic mass is 10.2. The number of benzene rings is 3. The van der Waals surface area contributed by atoms with Crippen LogP contribution in [0.15, 0.2) is 93.4 Å². The Bertz CT molecular complexity index is 1480. The highest BCUT2D eigenvalue weighted by Crippen LogP contribution is 2.41. The molecule has 0 bridgehead atoms. The van der Waals surface area contributed by atoms with Crippen molar-refractivity contribution in [3.05, 3.63) is 94.5 Å². The Kier molecular flexibility index (Phi) is 5.24. The fourth-order valence-corrected chi connectivity index (χ4v) is 3.90. The number of non-ortho nitro benzene ring substituents is 1. The third-order valence-electron chi connectivity index (χ3n) is 4.62. The van der Waals surface area contributed by atoms with Crippen molar-refractivity contribution in [1.29, 1.82) is 0 Å². The Morgan fingerprint density at radius 1 is 0.969 bits per heavy atom. The lowest BCUT2D eigenvalue weighted by Crippen LogP contribution is -2.11. The molecule has 0 saturated carbocycles. The summed E-state index contributed by atoms with van der Waals surface area (Å²) < 4.78 is 29.2. The smallest absolute Gasteiger partial charge is 0.299 e. The fourth-order valence-electron chi connectivity index (χ4n) is 3.11. The van der Waals surface area contributed by atoms with E-state index in [0.717, 1.165) is 16.7 Å². The van der Waals surface area contributed by atoms with Gasteiger partial charge >= 0.3 is 0 Å². The summed E-state index contributed by atoms with van der Waals surface area (Å²) in [4.78, 5) is 23.5. The number of nitrogens with zero attached hydrogens (tertiary/aromatic N) is 4. The van der Waals surface area contributed by atoms with Crippen molar-refractivity contribution in [3.8, 4) is 5.88 Å². The number of nitro benzene ring substituents is 1. The Labute approximate surface area is 181 Å². The SMILES string of the molecule is O=C(c1ccccc1)n1c(O)c(N=NS(=O)(=O)c2ccccc2)c2cc([N+](=O)[O-])ccc21. The van der Waals surface area contributed by atoms with Crippen molar-refractivity contribution in [3.63, 3.8) is 0 Å². The first-order valence-electron chi connectivity index (χ1n) is 9.14. The number of carbonyl (C=O) groups excluding carboxylic acids is 1. The minimum absolute atomic E-state index is 0.00649. The molecule has 3 aromatic carbocycles. The monoisotopic (exact) mass is 450 g/mol. The van der Waals surface area contributed by atoms with Crippen molar-refractivity contribution in [2.24, 2.45) is 9.63 Å². The summed E-state index contributed by atoms with van der Waals surface area (Å²) >= 11 is 0. The fraction of sp³-hybridized carbons (Fsp3) is 0. The number of aromatic hydroxyl groups is 1. The topological polar surface area (TPSA) is 144 Å². The minimum atomic E-state index is -4.21. The van der Waals surface area contributed by atoms with Crippen molar-refractivity contribution in [2.75, 3.05) is 0 Å². The van der Waals surface area contributed by atoms with Gasteiger partial charge in [0, 0.05) is 23.1 Å². The summed E-state index contributed by atoms with van der Waals surface area (Å²) in [5.41, 5.74) is -0.372. The molecule has 0 spiro atoms. The summed E-state index contributed by atoms with van der Waals surface area (Å²) in [6, 6.07) is 18.8. The molecule has 4 aromatic rings. The van der Waals surface area contributed by atoms with Gasteiger partial charge in [0.15, 0.2) is 5.69 Å². The molecular weight excluding hydrogens is 436 g/mol. The van der Waals surface area contributed by atoms with Crippen LogP contribution in [0.25, 0.3) is 10.9 Å². The minimum Gasteiger partial charge on any atom is -0.493 e. The van der Waals surface area contributed by atoms with E-state index in [1.807, 2.05) is 0 Å². The van der Waals surface area contributed by atoms with Crippen molar-refractivity contribution < 1.29 is 23.2 Å². The summed E-state index contributed by atoms with van der Waals surface area (Å²) in [5.74, 6) is -1.32. The van der Waals surface area contributed by atoms with Crippen LogP contribution in [-0.4, -0.2) is 28.9 Å². The molecule has 0 fully saturated rings. The van der Waals surface area contributed by atoms with Crippen LogP contribution in [0.2, 0.25) is 0 Å².